The van der Waals surface area contributed by atoms with Gasteiger partial charge in [-0.05, 0) is 74.4 Å². The van der Waals surface area contributed by atoms with Crippen LogP contribution in [0.2, 0.25) is 0 Å². The lowest BCUT2D eigenvalue weighted by atomic mass is 9.93. The number of carbonyl (C=O) groups is 2. The third-order valence-electron chi connectivity index (χ3n) is 4.56. The summed E-state index contributed by atoms with van der Waals surface area (Å²) < 4.78 is 5.46. The van der Waals surface area contributed by atoms with E-state index in [-0.39, 0.29) is 6.09 Å². The van der Waals surface area contributed by atoms with Crippen LogP contribution in [-0.4, -0.2) is 40.8 Å². The van der Waals surface area contributed by atoms with Crippen LogP contribution in [0.5, 0.6) is 0 Å². The van der Waals surface area contributed by atoms with E-state index in [0.717, 1.165) is 34.3 Å². The fourth-order valence-corrected chi connectivity index (χ4v) is 3.49. The van der Waals surface area contributed by atoms with Crippen LogP contribution < -0.4 is 0 Å². The monoisotopic (exact) mass is 359 g/mol. The summed E-state index contributed by atoms with van der Waals surface area (Å²) in [6, 6.07) is 3.55. The molecule has 0 radical (unpaired) electrons. The van der Waals surface area contributed by atoms with Crippen LogP contribution in [0, 0.1) is 6.92 Å². The van der Waals surface area contributed by atoms with E-state index in [4.69, 9.17) is 4.74 Å². The van der Waals surface area contributed by atoms with Gasteiger partial charge in [-0.15, -0.1) is 0 Å². The van der Waals surface area contributed by atoms with Crippen LogP contribution in [0.4, 0.5) is 4.79 Å². The van der Waals surface area contributed by atoms with Gasteiger partial charge >= 0.3 is 12.1 Å². The van der Waals surface area contributed by atoms with Crippen molar-refractivity contribution in [1.29, 1.82) is 0 Å². The lowest BCUT2D eigenvalue weighted by Crippen LogP contribution is -2.40. The zero-order valence-electron chi connectivity index (χ0n) is 16.6. The second-order valence-electron chi connectivity index (χ2n) is 7.50. The average Bonchev–Trinajstić information content (AvgIpc) is 2.95. The number of aryl methyl sites for hydroxylation is 1. The number of fused-ring (bicyclic) bond motifs is 2. The number of nitrogens with zero attached hydrogens (tertiary/aromatic N) is 1. The third kappa shape index (κ3) is 3.92. The summed E-state index contributed by atoms with van der Waals surface area (Å²) >= 11 is 0. The molecule has 0 saturated carbocycles. The minimum Gasteiger partial charge on any atom is -0.478 e. The number of carboxylic acid groups (broad SMARTS) is 1. The summed E-state index contributed by atoms with van der Waals surface area (Å²) in [7, 11) is 0. The Hall–Kier alpha value is -2.30. The van der Waals surface area contributed by atoms with Gasteiger partial charge < -0.3 is 14.7 Å². The Balaban J connectivity index is 0.00000117. The molecular formula is C21H29NO4. The Labute approximate surface area is 155 Å². The van der Waals surface area contributed by atoms with Crippen molar-refractivity contribution >= 4 is 17.6 Å². The summed E-state index contributed by atoms with van der Waals surface area (Å²) in [5.74, 6) is -0.894. The molecule has 5 heteroatoms. The van der Waals surface area contributed by atoms with E-state index in [1.54, 1.807) is 11.0 Å². The molecule has 1 heterocycles. The number of rotatable bonds is 1. The minimum absolute atomic E-state index is 0.305. The van der Waals surface area contributed by atoms with E-state index in [2.05, 4.69) is 0 Å². The maximum Gasteiger partial charge on any atom is 0.410 e. The number of ether oxygens (including phenoxy) is 1. The Morgan fingerprint density at radius 3 is 2.42 bits per heavy atom. The van der Waals surface area contributed by atoms with Crippen LogP contribution in [0.25, 0.3) is 5.57 Å². The van der Waals surface area contributed by atoms with Crippen LogP contribution >= 0.6 is 0 Å². The molecule has 1 aromatic carbocycles. The van der Waals surface area contributed by atoms with Crippen molar-refractivity contribution in [2.45, 2.75) is 60.0 Å². The molecule has 0 aromatic heterocycles. The van der Waals surface area contributed by atoms with Gasteiger partial charge in [0.05, 0.1) is 5.56 Å². The first-order chi connectivity index (χ1) is 12.2. The number of carboxylic acids is 1. The van der Waals surface area contributed by atoms with Crippen molar-refractivity contribution in [3.05, 3.63) is 40.0 Å². The van der Waals surface area contributed by atoms with Gasteiger partial charge in [-0.3, -0.25) is 0 Å². The number of hydrogen-bond acceptors (Lipinski definition) is 3. The molecule has 3 rings (SSSR count). The molecule has 0 atom stereocenters. The molecule has 0 saturated heterocycles. The molecule has 26 heavy (non-hydrogen) atoms. The normalized spacial score (nSPS) is 15.7. The highest BCUT2D eigenvalue weighted by Gasteiger charge is 2.34. The standard InChI is InChI=1S/C19H23NO4.C2H6/c1-11-5-6-14(17(21)22)16-13-7-8-20(10-12(13)9-15(11)16)18(23)24-19(2,3)4;1-2/h5-6H,7-10H2,1-4H3,(H,21,22);1-2H3. The molecule has 0 unspecified atom stereocenters. The molecule has 1 N–H and O–H groups in total. The molecule has 0 bridgehead atoms. The van der Waals surface area contributed by atoms with Gasteiger partial charge in [0, 0.05) is 13.1 Å². The summed E-state index contributed by atoms with van der Waals surface area (Å²) in [6.07, 6.45) is 1.09. The summed E-state index contributed by atoms with van der Waals surface area (Å²) in [4.78, 5) is 25.6. The second kappa shape index (κ2) is 7.52. The number of aromatic carboxylic acids is 1. The molecule has 1 aromatic rings. The molecule has 1 aliphatic carbocycles. The number of benzene rings is 1. The lowest BCUT2D eigenvalue weighted by Gasteiger charge is -2.31. The van der Waals surface area contributed by atoms with Gasteiger partial charge in [0.2, 0.25) is 0 Å². The van der Waals surface area contributed by atoms with Crippen LogP contribution in [-0.2, 0) is 11.2 Å². The molecule has 2 aliphatic rings. The van der Waals surface area contributed by atoms with Crippen LogP contribution in [0.3, 0.4) is 0 Å². The molecule has 0 fully saturated rings. The van der Waals surface area contributed by atoms with Gasteiger partial charge in [-0.2, -0.15) is 0 Å². The fourth-order valence-electron chi connectivity index (χ4n) is 3.49. The smallest absolute Gasteiger partial charge is 0.410 e. The lowest BCUT2D eigenvalue weighted by molar-refractivity contribution is 0.0264. The Kier molecular flexibility index (Phi) is 5.79. The maximum absolute atomic E-state index is 12.3. The zero-order chi connectivity index (χ0) is 19.6. The summed E-state index contributed by atoms with van der Waals surface area (Å²) in [5, 5.41) is 9.49. The van der Waals surface area contributed by atoms with Crippen molar-refractivity contribution in [2.75, 3.05) is 13.1 Å². The Morgan fingerprint density at radius 2 is 1.85 bits per heavy atom. The molecule has 0 spiro atoms. The van der Waals surface area contributed by atoms with E-state index in [9.17, 15) is 14.7 Å². The Morgan fingerprint density at radius 1 is 1.19 bits per heavy atom. The molecule has 1 aliphatic heterocycles. The van der Waals surface area contributed by atoms with E-state index in [1.165, 1.54) is 0 Å². The average molecular weight is 359 g/mol. The van der Waals surface area contributed by atoms with Crippen molar-refractivity contribution in [1.82, 2.24) is 4.90 Å². The van der Waals surface area contributed by atoms with Gasteiger partial charge in [0.1, 0.15) is 5.60 Å². The topological polar surface area (TPSA) is 66.8 Å². The Bertz CT molecular complexity index is 756. The molecular weight excluding hydrogens is 330 g/mol. The number of carbonyl (C=O) groups excluding carboxylic acids is 1. The molecule has 142 valence electrons. The van der Waals surface area contributed by atoms with Crippen LogP contribution in [0.15, 0.2) is 17.7 Å². The third-order valence-corrected chi connectivity index (χ3v) is 4.56. The van der Waals surface area contributed by atoms with Crippen molar-refractivity contribution in [3.63, 3.8) is 0 Å². The summed E-state index contributed by atoms with van der Waals surface area (Å²) in [6.45, 7) is 12.6. The van der Waals surface area contributed by atoms with Gasteiger partial charge in [-0.1, -0.05) is 19.9 Å². The first-order valence-electron chi connectivity index (χ1n) is 9.22. The van der Waals surface area contributed by atoms with E-state index >= 15 is 0 Å². The molecule has 5 nitrogen and oxygen atoms in total. The van der Waals surface area contributed by atoms with Gasteiger partial charge in [0.25, 0.3) is 0 Å². The molecule has 1 amide bonds. The minimum atomic E-state index is -0.894. The number of amides is 1. The first-order valence-corrected chi connectivity index (χ1v) is 9.22. The quantitative estimate of drug-likeness (QED) is 0.791. The number of hydrogen-bond donors (Lipinski definition) is 1. The summed E-state index contributed by atoms with van der Waals surface area (Å²) in [5.41, 5.74) is 5.16. The van der Waals surface area contributed by atoms with Crippen molar-refractivity contribution < 1.29 is 19.4 Å². The van der Waals surface area contributed by atoms with Crippen LogP contribution in [0.1, 0.15) is 68.1 Å². The zero-order valence-corrected chi connectivity index (χ0v) is 16.6. The SMILES string of the molecule is CC.Cc1ccc(C(=O)O)c2c1CC1=C2CCN(C(=O)OC(C)(C)C)C1. The van der Waals surface area contributed by atoms with E-state index in [1.807, 2.05) is 47.6 Å². The van der Waals surface area contributed by atoms with Gasteiger partial charge in [-0.25, -0.2) is 9.59 Å². The maximum atomic E-state index is 12.3. The van der Waals surface area contributed by atoms with E-state index in [0.29, 0.717) is 25.1 Å². The predicted octanol–water partition coefficient (Wildman–Crippen LogP) is 4.67. The van der Waals surface area contributed by atoms with E-state index < -0.39 is 11.6 Å². The second-order valence-corrected chi connectivity index (χ2v) is 7.50. The van der Waals surface area contributed by atoms with Crippen molar-refractivity contribution in [2.24, 2.45) is 0 Å². The first kappa shape index (κ1) is 20.0. The predicted molar refractivity (Wildman–Crippen MR) is 103 cm³/mol. The van der Waals surface area contributed by atoms with Gasteiger partial charge in [0.15, 0.2) is 0 Å². The highest BCUT2D eigenvalue weighted by molar-refractivity contribution is 5.97. The fraction of sp³-hybridized carbons (Fsp3) is 0.524. The highest BCUT2D eigenvalue weighted by Crippen LogP contribution is 2.41. The highest BCUT2D eigenvalue weighted by atomic mass is 16.6. The largest absolute Gasteiger partial charge is 0.478 e. The van der Waals surface area contributed by atoms with Crippen molar-refractivity contribution in [3.8, 4) is 0 Å².